The highest BCUT2D eigenvalue weighted by atomic mass is 15.2. The van der Waals surface area contributed by atoms with Crippen LogP contribution >= 0.6 is 0 Å². The zero-order valence-corrected chi connectivity index (χ0v) is 48.2. The largest absolute Gasteiger partial charge is 0.311 e. The molecule has 0 amide bonds. The number of anilines is 6. The number of aryl methyl sites for hydroxylation is 6. The summed E-state index contributed by atoms with van der Waals surface area (Å²) in [6.45, 7) is 13.6. The van der Waals surface area contributed by atoms with E-state index in [0.29, 0.717) is 0 Å². The van der Waals surface area contributed by atoms with Crippen LogP contribution in [0.1, 0.15) is 160 Å². The normalized spacial score (nSPS) is 12.6. The van der Waals surface area contributed by atoms with Crippen LogP contribution in [0.3, 0.4) is 0 Å². The van der Waals surface area contributed by atoms with Gasteiger partial charge in [-0.3, -0.25) is 0 Å². The van der Waals surface area contributed by atoms with E-state index in [1.807, 2.05) is 0 Å². The van der Waals surface area contributed by atoms with Crippen LogP contribution in [0.5, 0.6) is 0 Å². The second-order valence-electron chi connectivity index (χ2n) is 23.1. The third-order valence-electron chi connectivity index (χ3n) is 17.3. The van der Waals surface area contributed by atoms with Gasteiger partial charge in [-0.2, -0.15) is 0 Å². The smallest absolute Gasteiger partial charge is 0.0725 e. The molecule has 1 spiro atoms. The molecular formula is C77H82N2. The van der Waals surface area contributed by atoms with Gasteiger partial charge in [-0.05, 0) is 222 Å². The van der Waals surface area contributed by atoms with Crippen LogP contribution in [0.15, 0.2) is 194 Å². The summed E-state index contributed by atoms with van der Waals surface area (Å²) in [5.74, 6) is 0. The second-order valence-corrected chi connectivity index (χ2v) is 23.1. The number of nitrogens with zero attached hydrogens (tertiary/aromatic N) is 2. The van der Waals surface area contributed by atoms with E-state index < -0.39 is 5.41 Å². The monoisotopic (exact) mass is 1030 g/mol. The Morgan fingerprint density at radius 3 is 1.08 bits per heavy atom. The van der Waals surface area contributed by atoms with Crippen LogP contribution in [0.2, 0.25) is 0 Å². The summed E-state index contributed by atoms with van der Waals surface area (Å²) in [6.07, 6.45) is 19.5. The van der Waals surface area contributed by atoms with Gasteiger partial charge >= 0.3 is 0 Å². The highest BCUT2D eigenvalue weighted by Gasteiger charge is 2.52. The van der Waals surface area contributed by atoms with Gasteiger partial charge in [0.05, 0.1) is 5.41 Å². The molecule has 79 heavy (non-hydrogen) atoms. The Labute approximate surface area is 474 Å². The SMILES string of the molecule is CCCCCCc1ccc2c(c1)-c1cc(CCCCCC)ccc1C21c2cc(C)ccc2-c2ccc(-c3ccc(N(c4ccc(C)cc4)c4ccc(N(c5ccc(CCCC)cc5)c5ccc(CCCC)cc5)cc4)cc3)cc21. The Hall–Kier alpha value is -7.42. The lowest BCUT2D eigenvalue weighted by Gasteiger charge is -2.31. The highest BCUT2D eigenvalue weighted by molar-refractivity contribution is 5.96. The first-order valence-corrected chi connectivity index (χ1v) is 30.4. The number of hydrogen-bond acceptors (Lipinski definition) is 2. The summed E-state index contributed by atoms with van der Waals surface area (Å²) in [5.41, 5.74) is 28.4. The molecule has 2 heteroatoms. The molecule has 0 unspecified atom stereocenters. The second kappa shape index (κ2) is 24.3. The van der Waals surface area contributed by atoms with Crippen LogP contribution in [0.25, 0.3) is 33.4 Å². The maximum atomic E-state index is 2.58. The standard InChI is InChI=1S/C77H82N2/c1-7-11-15-17-21-59-30-49-73-71(52-59)72-53-60(22-18-16-12-8-2)31-50-74(72)77(73)75-51-56(6)25-47-69(75)70-48-34-62(54-76(70)77)61-32-41-66(42-33-61)78(63-35-23-55(5)24-36-63)67-43-45-68(46-44-67)79(64-37-26-57(27-38-64)19-13-9-3)65-39-28-58(29-40-65)20-14-10-4/h23-54H,7-22H2,1-6H3. The van der Waals surface area contributed by atoms with Gasteiger partial charge in [-0.25, -0.2) is 0 Å². The van der Waals surface area contributed by atoms with E-state index in [0.717, 1.165) is 48.4 Å². The molecule has 0 atom stereocenters. The number of rotatable bonds is 23. The molecule has 0 saturated heterocycles. The number of benzene rings is 9. The minimum Gasteiger partial charge on any atom is -0.311 e. The van der Waals surface area contributed by atoms with Gasteiger partial charge in [-0.1, -0.05) is 205 Å². The van der Waals surface area contributed by atoms with Crippen molar-refractivity contribution in [1.29, 1.82) is 0 Å². The van der Waals surface area contributed by atoms with E-state index in [4.69, 9.17) is 0 Å². The summed E-state index contributed by atoms with van der Waals surface area (Å²) in [5, 5.41) is 0. The van der Waals surface area contributed by atoms with Crippen molar-refractivity contribution in [1.82, 2.24) is 0 Å². The van der Waals surface area contributed by atoms with Crippen molar-refractivity contribution < 1.29 is 0 Å². The molecule has 0 aromatic heterocycles. The lowest BCUT2D eigenvalue weighted by molar-refractivity contribution is 0.666. The predicted molar refractivity (Wildman–Crippen MR) is 340 cm³/mol. The fourth-order valence-electron chi connectivity index (χ4n) is 13.0. The molecule has 0 fully saturated rings. The summed E-state index contributed by atoms with van der Waals surface area (Å²) in [6, 6.07) is 75.6. The number of hydrogen-bond donors (Lipinski definition) is 0. The molecule has 0 heterocycles. The van der Waals surface area contributed by atoms with Gasteiger partial charge in [0.1, 0.15) is 0 Å². The molecule has 2 nitrogen and oxygen atoms in total. The molecule has 0 aliphatic heterocycles. The van der Waals surface area contributed by atoms with E-state index in [9.17, 15) is 0 Å². The zero-order chi connectivity index (χ0) is 54.3. The van der Waals surface area contributed by atoms with Gasteiger partial charge in [0.25, 0.3) is 0 Å². The predicted octanol–water partition coefficient (Wildman–Crippen LogP) is 22.2. The first-order valence-electron chi connectivity index (χ1n) is 30.4. The number of unbranched alkanes of at least 4 members (excludes halogenated alkanes) is 8. The lowest BCUT2D eigenvalue weighted by Crippen LogP contribution is -2.26. The maximum absolute atomic E-state index is 2.58. The average Bonchev–Trinajstić information content (AvgIpc) is 2.49. The van der Waals surface area contributed by atoms with Crippen molar-refractivity contribution in [2.24, 2.45) is 0 Å². The third-order valence-corrected chi connectivity index (χ3v) is 17.3. The highest BCUT2D eigenvalue weighted by Crippen LogP contribution is 2.63. The molecule has 2 aliphatic rings. The Bertz CT molecular complexity index is 3380. The fraction of sp³-hybridized carbons (Fsp3) is 0.299. The van der Waals surface area contributed by atoms with E-state index in [1.54, 1.807) is 0 Å². The molecule has 9 aromatic carbocycles. The molecule has 400 valence electrons. The Morgan fingerprint density at radius 1 is 0.266 bits per heavy atom. The average molecular weight is 1040 g/mol. The van der Waals surface area contributed by atoms with E-state index in [2.05, 4.69) is 245 Å². The Balaban J connectivity index is 0.963. The first-order chi connectivity index (χ1) is 38.8. The first kappa shape index (κ1) is 53.6. The van der Waals surface area contributed by atoms with Crippen molar-refractivity contribution in [3.05, 3.63) is 250 Å². The molecule has 2 aliphatic carbocycles. The summed E-state index contributed by atoms with van der Waals surface area (Å²) in [4.78, 5) is 4.81. The van der Waals surface area contributed by atoms with Crippen LogP contribution in [-0.2, 0) is 31.1 Å². The summed E-state index contributed by atoms with van der Waals surface area (Å²) < 4.78 is 0. The van der Waals surface area contributed by atoms with Crippen LogP contribution in [0.4, 0.5) is 34.1 Å². The third kappa shape index (κ3) is 10.9. The van der Waals surface area contributed by atoms with E-state index in [1.165, 1.54) is 177 Å². The van der Waals surface area contributed by atoms with Crippen molar-refractivity contribution in [3.63, 3.8) is 0 Å². The van der Waals surface area contributed by atoms with Gasteiger partial charge in [0.2, 0.25) is 0 Å². The minimum atomic E-state index is -0.404. The van der Waals surface area contributed by atoms with Crippen molar-refractivity contribution in [2.45, 2.75) is 150 Å². The molecule has 9 aromatic rings. The van der Waals surface area contributed by atoms with Crippen molar-refractivity contribution in [3.8, 4) is 33.4 Å². The van der Waals surface area contributed by atoms with Gasteiger partial charge in [-0.15, -0.1) is 0 Å². The number of fused-ring (bicyclic) bond motifs is 10. The van der Waals surface area contributed by atoms with Crippen LogP contribution < -0.4 is 9.80 Å². The summed E-state index contributed by atoms with van der Waals surface area (Å²) in [7, 11) is 0. The molecule has 11 rings (SSSR count). The lowest BCUT2D eigenvalue weighted by atomic mass is 9.70. The molecule has 0 saturated carbocycles. The van der Waals surface area contributed by atoms with Gasteiger partial charge < -0.3 is 9.80 Å². The van der Waals surface area contributed by atoms with Gasteiger partial charge in [0.15, 0.2) is 0 Å². The zero-order valence-electron chi connectivity index (χ0n) is 48.2. The van der Waals surface area contributed by atoms with E-state index in [-0.39, 0.29) is 0 Å². The summed E-state index contributed by atoms with van der Waals surface area (Å²) >= 11 is 0. The topological polar surface area (TPSA) is 6.48 Å². The van der Waals surface area contributed by atoms with E-state index >= 15 is 0 Å². The van der Waals surface area contributed by atoms with Crippen molar-refractivity contribution in [2.75, 3.05) is 9.80 Å². The molecule has 0 bridgehead atoms. The Morgan fingerprint density at radius 2 is 0.620 bits per heavy atom. The molecule has 0 N–H and O–H groups in total. The fourth-order valence-corrected chi connectivity index (χ4v) is 13.0. The van der Waals surface area contributed by atoms with Crippen molar-refractivity contribution >= 4 is 34.1 Å². The van der Waals surface area contributed by atoms with Crippen LogP contribution in [0, 0.1) is 13.8 Å². The maximum Gasteiger partial charge on any atom is 0.0725 e. The quantitative estimate of drug-likeness (QED) is 0.0589. The molecular weight excluding hydrogens is 953 g/mol. The molecule has 0 radical (unpaired) electrons. The van der Waals surface area contributed by atoms with Crippen LogP contribution in [-0.4, -0.2) is 0 Å². The minimum absolute atomic E-state index is 0.404. The Kier molecular flexibility index (Phi) is 16.5. The van der Waals surface area contributed by atoms with Gasteiger partial charge in [0, 0.05) is 34.1 Å².